The first-order valence-electron chi connectivity index (χ1n) is 6.91. The van der Waals surface area contributed by atoms with Crippen LogP contribution in [0.5, 0.6) is 5.75 Å². The predicted molar refractivity (Wildman–Crippen MR) is 90.7 cm³/mol. The van der Waals surface area contributed by atoms with E-state index in [2.05, 4.69) is 17.2 Å². The number of carbonyl (C=O) groups excluding carboxylic acids is 1. The average Bonchev–Trinajstić information content (AvgIpc) is 2.55. The maximum Gasteiger partial charge on any atom is 0.243 e. The van der Waals surface area contributed by atoms with E-state index >= 15 is 0 Å². The summed E-state index contributed by atoms with van der Waals surface area (Å²) in [7, 11) is 0. The molecule has 0 radical (unpaired) electrons. The van der Waals surface area contributed by atoms with Gasteiger partial charge in [-0.05, 0) is 30.3 Å². The molecule has 6 heteroatoms. The van der Waals surface area contributed by atoms with Gasteiger partial charge in [-0.15, -0.1) is 0 Å². The third-order valence-corrected chi connectivity index (χ3v) is 3.18. The summed E-state index contributed by atoms with van der Waals surface area (Å²) in [5, 5.41) is 5.62. The molecule has 0 spiro atoms. The summed E-state index contributed by atoms with van der Waals surface area (Å²) in [6.07, 6.45) is 1.62. The summed E-state index contributed by atoms with van der Waals surface area (Å²) in [6.45, 7) is 3.94. The SMILES string of the molecule is C=CCOc1ccccc1NC(=O)CNc1ccc(F)c(Cl)c1. The summed E-state index contributed by atoms with van der Waals surface area (Å²) >= 11 is 5.69. The van der Waals surface area contributed by atoms with E-state index in [9.17, 15) is 9.18 Å². The Morgan fingerprint density at radius 1 is 1.30 bits per heavy atom. The summed E-state index contributed by atoms with van der Waals surface area (Å²) in [5.74, 6) is -0.208. The molecule has 0 fully saturated rings. The van der Waals surface area contributed by atoms with Crippen molar-refractivity contribution in [2.24, 2.45) is 0 Å². The van der Waals surface area contributed by atoms with Gasteiger partial charge in [-0.2, -0.15) is 0 Å². The Morgan fingerprint density at radius 3 is 2.83 bits per heavy atom. The largest absolute Gasteiger partial charge is 0.487 e. The minimum atomic E-state index is -0.505. The van der Waals surface area contributed by atoms with E-state index in [0.717, 1.165) is 0 Å². The standard InChI is InChI=1S/C17H16ClFN2O2/c1-2-9-23-16-6-4-3-5-15(16)21-17(22)11-20-12-7-8-14(19)13(18)10-12/h2-8,10,20H,1,9,11H2,(H,21,22). The highest BCUT2D eigenvalue weighted by molar-refractivity contribution is 6.31. The molecule has 0 aliphatic carbocycles. The molecule has 0 heterocycles. The zero-order chi connectivity index (χ0) is 16.7. The first-order valence-corrected chi connectivity index (χ1v) is 7.29. The molecule has 1 amide bonds. The van der Waals surface area contributed by atoms with Crippen LogP contribution in [0.15, 0.2) is 55.1 Å². The molecule has 0 bridgehead atoms. The van der Waals surface area contributed by atoms with E-state index in [4.69, 9.17) is 16.3 Å². The van der Waals surface area contributed by atoms with Gasteiger partial charge in [0.05, 0.1) is 17.3 Å². The quantitative estimate of drug-likeness (QED) is 0.750. The number of halogens is 2. The van der Waals surface area contributed by atoms with Gasteiger partial charge in [-0.1, -0.05) is 36.4 Å². The smallest absolute Gasteiger partial charge is 0.243 e. The van der Waals surface area contributed by atoms with Crippen molar-refractivity contribution in [3.8, 4) is 5.75 Å². The molecule has 120 valence electrons. The Hall–Kier alpha value is -2.53. The van der Waals surface area contributed by atoms with Crippen molar-refractivity contribution in [3.05, 3.63) is 66.0 Å². The molecule has 2 aromatic rings. The van der Waals surface area contributed by atoms with E-state index in [1.165, 1.54) is 18.2 Å². The first kappa shape index (κ1) is 16.8. The van der Waals surface area contributed by atoms with Crippen LogP contribution in [-0.4, -0.2) is 19.1 Å². The van der Waals surface area contributed by atoms with Crippen LogP contribution >= 0.6 is 11.6 Å². The van der Waals surface area contributed by atoms with Gasteiger partial charge in [0.25, 0.3) is 0 Å². The van der Waals surface area contributed by atoms with E-state index in [0.29, 0.717) is 23.7 Å². The number of para-hydroxylation sites is 2. The zero-order valence-corrected chi connectivity index (χ0v) is 13.1. The Morgan fingerprint density at radius 2 is 2.09 bits per heavy atom. The monoisotopic (exact) mass is 334 g/mol. The van der Waals surface area contributed by atoms with Crippen molar-refractivity contribution < 1.29 is 13.9 Å². The Labute approximate surface area is 138 Å². The van der Waals surface area contributed by atoms with Crippen LogP contribution in [0, 0.1) is 5.82 Å². The van der Waals surface area contributed by atoms with Crippen LogP contribution in [0.2, 0.25) is 5.02 Å². The highest BCUT2D eigenvalue weighted by Crippen LogP contribution is 2.24. The fourth-order valence-corrected chi connectivity index (χ4v) is 2.01. The maximum absolute atomic E-state index is 13.1. The number of rotatable bonds is 7. The summed E-state index contributed by atoms with van der Waals surface area (Å²) in [4.78, 5) is 12.0. The molecular formula is C17H16ClFN2O2. The van der Waals surface area contributed by atoms with Gasteiger partial charge in [0.2, 0.25) is 5.91 Å². The number of anilines is 2. The summed E-state index contributed by atoms with van der Waals surface area (Å²) in [5.41, 5.74) is 1.13. The second-order valence-electron chi connectivity index (χ2n) is 4.63. The highest BCUT2D eigenvalue weighted by atomic mass is 35.5. The highest BCUT2D eigenvalue weighted by Gasteiger charge is 2.08. The lowest BCUT2D eigenvalue weighted by atomic mass is 10.3. The van der Waals surface area contributed by atoms with Gasteiger partial charge in [0.15, 0.2) is 0 Å². The van der Waals surface area contributed by atoms with Crippen molar-refractivity contribution in [2.75, 3.05) is 23.8 Å². The van der Waals surface area contributed by atoms with Crippen LogP contribution in [0.25, 0.3) is 0 Å². The van der Waals surface area contributed by atoms with Crippen LogP contribution in [0.4, 0.5) is 15.8 Å². The van der Waals surface area contributed by atoms with Gasteiger partial charge in [0.1, 0.15) is 18.2 Å². The average molecular weight is 335 g/mol. The molecule has 0 atom stereocenters. The normalized spacial score (nSPS) is 10.0. The molecule has 23 heavy (non-hydrogen) atoms. The summed E-state index contributed by atoms with van der Waals surface area (Å²) < 4.78 is 18.5. The molecule has 0 aliphatic heterocycles. The van der Waals surface area contributed by atoms with Crippen LogP contribution in [-0.2, 0) is 4.79 Å². The number of nitrogens with one attached hydrogen (secondary N) is 2. The Bertz CT molecular complexity index is 707. The van der Waals surface area contributed by atoms with E-state index in [1.807, 2.05) is 6.07 Å². The minimum absolute atomic E-state index is 0.00132. The molecule has 2 rings (SSSR count). The molecule has 2 aromatic carbocycles. The fraction of sp³-hybridized carbons (Fsp3) is 0.118. The zero-order valence-electron chi connectivity index (χ0n) is 12.3. The second kappa shape index (κ2) is 8.19. The lowest BCUT2D eigenvalue weighted by molar-refractivity contribution is -0.114. The van der Waals surface area contributed by atoms with Gasteiger partial charge >= 0.3 is 0 Å². The number of hydrogen-bond acceptors (Lipinski definition) is 3. The van der Waals surface area contributed by atoms with Gasteiger partial charge in [0, 0.05) is 5.69 Å². The van der Waals surface area contributed by atoms with Crippen LogP contribution in [0.1, 0.15) is 0 Å². The van der Waals surface area contributed by atoms with Crippen molar-refractivity contribution in [3.63, 3.8) is 0 Å². The molecule has 0 saturated carbocycles. The van der Waals surface area contributed by atoms with Gasteiger partial charge in [-0.25, -0.2) is 4.39 Å². The number of hydrogen-bond donors (Lipinski definition) is 2. The fourth-order valence-electron chi connectivity index (χ4n) is 1.83. The summed E-state index contributed by atoms with van der Waals surface area (Å²) in [6, 6.07) is 11.3. The molecule has 0 aliphatic rings. The molecule has 2 N–H and O–H groups in total. The number of amides is 1. The van der Waals surface area contributed by atoms with E-state index < -0.39 is 5.82 Å². The van der Waals surface area contributed by atoms with Gasteiger partial charge < -0.3 is 15.4 Å². The molecule has 0 unspecified atom stereocenters. The molecule has 0 saturated heterocycles. The maximum atomic E-state index is 13.1. The molecule has 0 aromatic heterocycles. The molecule has 4 nitrogen and oxygen atoms in total. The number of benzene rings is 2. The Kier molecular flexibility index (Phi) is 6.00. The van der Waals surface area contributed by atoms with Crippen LogP contribution < -0.4 is 15.4 Å². The van der Waals surface area contributed by atoms with Gasteiger partial charge in [-0.3, -0.25) is 4.79 Å². The molecular weight excluding hydrogens is 319 g/mol. The topological polar surface area (TPSA) is 50.4 Å². The first-order chi connectivity index (χ1) is 11.1. The van der Waals surface area contributed by atoms with Crippen molar-refractivity contribution in [2.45, 2.75) is 0 Å². The third-order valence-electron chi connectivity index (χ3n) is 2.89. The van der Waals surface area contributed by atoms with E-state index in [-0.39, 0.29) is 17.5 Å². The van der Waals surface area contributed by atoms with Crippen molar-refractivity contribution in [1.82, 2.24) is 0 Å². The van der Waals surface area contributed by atoms with Crippen molar-refractivity contribution >= 4 is 28.9 Å². The lowest BCUT2D eigenvalue weighted by Gasteiger charge is -2.12. The third kappa shape index (κ3) is 5.00. The minimum Gasteiger partial charge on any atom is -0.487 e. The number of ether oxygens (including phenoxy) is 1. The predicted octanol–water partition coefficient (Wildman–Crippen LogP) is 4.09. The second-order valence-corrected chi connectivity index (χ2v) is 5.03. The van der Waals surface area contributed by atoms with Crippen molar-refractivity contribution in [1.29, 1.82) is 0 Å². The van der Waals surface area contributed by atoms with E-state index in [1.54, 1.807) is 24.3 Å². The number of carbonyl (C=O) groups is 1. The lowest BCUT2D eigenvalue weighted by Crippen LogP contribution is -2.22. The van der Waals surface area contributed by atoms with Crippen LogP contribution in [0.3, 0.4) is 0 Å². The Balaban J connectivity index is 1.94.